The molecule has 0 saturated carbocycles. The van der Waals surface area contributed by atoms with Crippen LogP contribution in [0.2, 0.25) is 0 Å². The van der Waals surface area contributed by atoms with Gasteiger partial charge in [0, 0.05) is 6.54 Å². The Hall–Kier alpha value is -2.04. The Labute approximate surface area is 112 Å². The summed E-state index contributed by atoms with van der Waals surface area (Å²) < 4.78 is 10.5. The van der Waals surface area contributed by atoms with E-state index < -0.39 is 0 Å². The lowest BCUT2D eigenvalue weighted by Crippen LogP contribution is -2.29. The van der Waals surface area contributed by atoms with Crippen molar-refractivity contribution in [1.29, 1.82) is 0 Å². The Kier molecular flexibility index (Phi) is 6.43. The van der Waals surface area contributed by atoms with E-state index in [-0.39, 0.29) is 12.5 Å². The predicted molar refractivity (Wildman–Crippen MR) is 71.8 cm³/mol. The number of aldehydes is 1. The maximum absolute atomic E-state index is 11.5. The van der Waals surface area contributed by atoms with Gasteiger partial charge in [0.05, 0.1) is 12.7 Å². The summed E-state index contributed by atoms with van der Waals surface area (Å²) in [6.07, 6.45) is 2.62. The number of para-hydroxylation sites is 1. The molecule has 1 rings (SSSR count). The molecule has 0 bridgehead atoms. The van der Waals surface area contributed by atoms with Crippen molar-refractivity contribution in [3.05, 3.63) is 23.8 Å². The summed E-state index contributed by atoms with van der Waals surface area (Å²) in [6, 6.07) is 4.98. The van der Waals surface area contributed by atoms with Crippen LogP contribution in [0.25, 0.3) is 0 Å². The molecule has 0 spiro atoms. The van der Waals surface area contributed by atoms with Gasteiger partial charge in [-0.1, -0.05) is 19.4 Å². The SMILES string of the molecule is CCCCNC(=O)COc1c(C=O)cccc1OC. The van der Waals surface area contributed by atoms with Gasteiger partial charge < -0.3 is 14.8 Å². The van der Waals surface area contributed by atoms with Crippen LogP contribution in [0.5, 0.6) is 11.5 Å². The number of hydrogen-bond acceptors (Lipinski definition) is 4. The quantitative estimate of drug-likeness (QED) is 0.575. The van der Waals surface area contributed by atoms with Crippen molar-refractivity contribution in [2.24, 2.45) is 0 Å². The molecule has 0 heterocycles. The molecular weight excluding hydrogens is 246 g/mol. The van der Waals surface area contributed by atoms with Crippen molar-refractivity contribution in [2.45, 2.75) is 19.8 Å². The van der Waals surface area contributed by atoms with E-state index in [1.54, 1.807) is 18.2 Å². The lowest BCUT2D eigenvalue weighted by molar-refractivity contribution is -0.123. The summed E-state index contributed by atoms with van der Waals surface area (Å²) in [5.41, 5.74) is 0.362. The highest BCUT2D eigenvalue weighted by Crippen LogP contribution is 2.29. The topological polar surface area (TPSA) is 64.6 Å². The van der Waals surface area contributed by atoms with Crippen molar-refractivity contribution >= 4 is 12.2 Å². The normalized spacial score (nSPS) is 9.79. The van der Waals surface area contributed by atoms with Crippen LogP contribution < -0.4 is 14.8 Å². The average Bonchev–Trinajstić information content (AvgIpc) is 2.44. The molecule has 0 saturated heterocycles. The molecule has 0 fully saturated rings. The molecule has 104 valence electrons. The predicted octanol–water partition coefficient (Wildman–Crippen LogP) is 1.80. The fourth-order valence-electron chi connectivity index (χ4n) is 1.53. The van der Waals surface area contributed by atoms with Gasteiger partial charge in [0.15, 0.2) is 24.4 Å². The number of carbonyl (C=O) groups is 2. The molecule has 0 atom stereocenters. The Morgan fingerprint density at radius 3 is 2.84 bits per heavy atom. The van der Waals surface area contributed by atoms with Gasteiger partial charge in [-0.25, -0.2) is 0 Å². The molecular formula is C14H19NO4. The molecule has 5 nitrogen and oxygen atoms in total. The Morgan fingerprint density at radius 1 is 1.42 bits per heavy atom. The number of hydrogen-bond donors (Lipinski definition) is 1. The standard InChI is InChI=1S/C14H19NO4/c1-3-4-8-15-13(17)10-19-14-11(9-16)6-5-7-12(14)18-2/h5-7,9H,3-4,8,10H2,1-2H3,(H,15,17). The maximum atomic E-state index is 11.5. The summed E-state index contributed by atoms with van der Waals surface area (Å²) >= 11 is 0. The van der Waals surface area contributed by atoms with E-state index in [0.29, 0.717) is 29.9 Å². The smallest absolute Gasteiger partial charge is 0.257 e. The molecule has 1 N–H and O–H groups in total. The Morgan fingerprint density at radius 2 is 2.21 bits per heavy atom. The lowest BCUT2D eigenvalue weighted by atomic mass is 10.2. The maximum Gasteiger partial charge on any atom is 0.257 e. The molecule has 1 amide bonds. The molecule has 1 aromatic rings. The second-order valence-electron chi connectivity index (χ2n) is 3.99. The first-order valence-corrected chi connectivity index (χ1v) is 6.24. The first-order valence-electron chi connectivity index (χ1n) is 6.24. The molecule has 0 aromatic heterocycles. The van der Waals surface area contributed by atoms with Crippen molar-refractivity contribution in [3.63, 3.8) is 0 Å². The van der Waals surface area contributed by atoms with Crippen LogP contribution >= 0.6 is 0 Å². The minimum Gasteiger partial charge on any atom is -0.493 e. The highest BCUT2D eigenvalue weighted by molar-refractivity contribution is 5.82. The minimum atomic E-state index is -0.212. The van der Waals surface area contributed by atoms with E-state index in [0.717, 1.165) is 12.8 Å². The van der Waals surface area contributed by atoms with Crippen LogP contribution in [-0.4, -0.2) is 32.5 Å². The Bertz CT molecular complexity index is 431. The monoisotopic (exact) mass is 265 g/mol. The van der Waals surface area contributed by atoms with Gasteiger partial charge >= 0.3 is 0 Å². The van der Waals surface area contributed by atoms with Crippen molar-refractivity contribution in [1.82, 2.24) is 5.32 Å². The van der Waals surface area contributed by atoms with Crippen LogP contribution in [0, 0.1) is 0 Å². The van der Waals surface area contributed by atoms with Gasteiger partial charge in [-0.05, 0) is 18.6 Å². The number of rotatable bonds is 8. The zero-order chi connectivity index (χ0) is 14.1. The van der Waals surface area contributed by atoms with E-state index in [9.17, 15) is 9.59 Å². The molecule has 0 aliphatic heterocycles. The number of methoxy groups -OCH3 is 1. The summed E-state index contributed by atoms with van der Waals surface area (Å²) in [6.45, 7) is 2.55. The summed E-state index contributed by atoms with van der Waals surface area (Å²) in [5, 5.41) is 2.74. The van der Waals surface area contributed by atoms with Crippen LogP contribution in [0.4, 0.5) is 0 Å². The molecule has 0 aliphatic carbocycles. The third kappa shape index (κ3) is 4.62. The first-order chi connectivity index (χ1) is 9.22. The van der Waals surface area contributed by atoms with E-state index in [4.69, 9.17) is 9.47 Å². The molecule has 5 heteroatoms. The average molecular weight is 265 g/mol. The summed E-state index contributed by atoms with van der Waals surface area (Å²) in [7, 11) is 1.48. The fraction of sp³-hybridized carbons (Fsp3) is 0.429. The molecule has 0 radical (unpaired) electrons. The van der Waals surface area contributed by atoms with E-state index in [1.165, 1.54) is 7.11 Å². The number of amides is 1. The number of nitrogens with one attached hydrogen (secondary N) is 1. The van der Waals surface area contributed by atoms with E-state index >= 15 is 0 Å². The zero-order valence-corrected chi connectivity index (χ0v) is 11.3. The molecule has 0 aliphatic rings. The van der Waals surface area contributed by atoms with Gasteiger partial charge in [-0.2, -0.15) is 0 Å². The minimum absolute atomic E-state index is 0.134. The van der Waals surface area contributed by atoms with Gasteiger partial charge in [-0.15, -0.1) is 0 Å². The van der Waals surface area contributed by atoms with E-state index in [2.05, 4.69) is 5.32 Å². The van der Waals surface area contributed by atoms with Crippen LogP contribution in [0.3, 0.4) is 0 Å². The zero-order valence-electron chi connectivity index (χ0n) is 11.3. The number of carbonyl (C=O) groups excluding carboxylic acids is 2. The largest absolute Gasteiger partial charge is 0.493 e. The first kappa shape index (κ1) is 15.0. The van der Waals surface area contributed by atoms with Crippen LogP contribution in [0.1, 0.15) is 30.1 Å². The van der Waals surface area contributed by atoms with Gasteiger partial charge in [0.25, 0.3) is 5.91 Å². The number of benzene rings is 1. The molecule has 0 unspecified atom stereocenters. The fourth-order valence-corrected chi connectivity index (χ4v) is 1.53. The van der Waals surface area contributed by atoms with Crippen LogP contribution in [0.15, 0.2) is 18.2 Å². The summed E-state index contributed by atoms with van der Waals surface area (Å²) in [4.78, 5) is 22.4. The highest BCUT2D eigenvalue weighted by atomic mass is 16.5. The Balaban J connectivity index is 2.61. The molecule has 1 aromatic carbocycles. The second-order valence-corrected chi connectivity index (χ2v) is 3.99. The van der Waals surface area contributed by atoms with Gasteiger partial charge in [0.2, 0.25) is 0 Å². The van der Waals surface area contributed by atoms with Crippen LogP contribution in [-0.2, 0) is 4.79 Å². The van der Waals surface area contributed by atoms with Crippen molar-refractivity contribution < 1.29 is 19.1 Å². The van der Waals surface area contributed by atoms with Gasteiger partial charge in [0.1, 0.15) is 0 Å². The lowest BCUT2D eigenvalue weighted by Gasteiger charge is -2.12. The van der Waals surface area contributed by atoms with Crippen molar-refractivity contribution in [2.75, 3.05) is 20.3 Å². The van der Waals surface area contributed by atoms with Crippen molar-refractivity contribution in [3.8, 4) is 11.5 Å². The van der Waals surface area contributed by atoms with Gasteiger partial charge in [-0.3, -0.25) is 9.59 Å². The third-order valence-corrected chi connectivity index (χ3v) is 2.56. The molecule has 19 heavy (non-hydrogen) atoms. The number of ether oxygens (including phenoxy) is 2. The van der Waals surface area contributed by atoms with E-state index in [1.807, 2.05) is 6.92 Å². The third-order valence-electron chi connectivity index (χ3n) is 2.56. The number of unbranched alkanes of at least 4 members (excludes halogenated alkanes) is 1. The second kappa shape index (κ2) is 8.13. The summed E-state index contributed by atoms with van der Waals surface area (Å²) in [5.74, 6) is 0.521. The highest BCUT2D eigenvalue weighted by Gasteiger charge is 2.11.